The number of unbranched alkanes of at least 4 members (excludes halogenated alkanes) is 16. The van der Waals surface area contributed by atoms with E-state index >= 15 is 0 Å². The summed E-state index contributed by atoms with van der Waals surface area (Å²) in [5.41, 5.74) is 0. The van der Waals surface area contributed by atoms with Crippen molar-refractivity contribution in [3.8, 4) is 11.5 Å². The third-order valence-corrected chi connectivity index (χ3v) is 6.92. The summed E-state index contributed by atoms with van der Waals surface area (Å²) in [7, 11) is 0. The van der Waals surface area contributed by atoms with Crippen LogP contribution in [0.3, 0.4) is 0 Å². The van der Waals surface area contributed by atoms with Crippen LogP contribution in [-0.2, 0) is 9.59 Å². The summed E-state index contributed by atoms with van der Waals surface area (Å²) >= 11 is 0. The molecule has 0 amide bonds. The van der Waals surface area contributed by atoms with Gasteiger partial charge in [0.2, 0.25) is 0 Å². The van der Waals surface area contributed by atoms with Crippen LogP contribution in [0.2, 0.25) is 0 Å². The van der Waals surface area contributed by atoms with Gasteiger partial charge in [-0.25, -0.2) is 0 Å². The molecule has 0 heterocycles. The van der Waals surface area contributed by atoms with E-state index in [-0.39, 0.29) is 35.8 Å². The summed E-state index contributed by atoms with van der Waals surface area (Å²) in [6.45, 7) is 4.49. The van der Waals surface area contributed by atoms with Gasteiger partial charge in [0.25, 0.3) is 0 Å². The molecule has 5 heteroatoms. The number of hydrogen-bond acceptors (Lipinski definition) is 4. The molecular weight excluding hydrogens is 615 g/mol. The minimum Gasteiger partial charge on any atom is -0.427 e. The molecule has 228 valence electrons. The van der Waals surface area contributed by atoms with Crippen LogP contribution in [0.4, 0.5) is 0 Å². The molecule has 0 saturated carbocycles. The second-order valence-electron chi connectivity index (χ2n) is 10.7. The van der Waals surface area contributed by atoms with Crippen LogP contribution in [-0.4, -0.2) is 35.8 Å². The van der Waals surface area contributed by atoms with Gasteiger partial charge in [0.1, 0.15) is 11.5 Å². The maximum atomic E-state index is 11.6. The molecule has 0 bridgehead atoms. The van der Waals surface area contributed by atoms with Crippen molar-refractivity contribution in [2.45, 2.75) is 142 Å². The molecule has 2 aromatic carbocycles. The van der Waals surface area contributed by atoms with Gasteiger partial charge in [0, 0.05) is 36.7 Å². The quantitative estimate of drug-likeness (QED) is 0.0541. The molecule has 0 spiro atoms. The number of esters is 2. The second kappa shape index (κ2) is 29.7. The van der Waals surface area contributed by atoms with Crippen LogP contribution in [0.5, 0.6) is 11.5 Å². The van der Waals surface area contributed by atoms with Gasteiger partial charge in [0.15, 0.2) is 0 Å². The maximum absolute atomic E-state index is 11.6. The molecular formula is C36H56O4Sn. The molecule has 0 aromatic heterocycles. The molecule has 0 N–H and O–H groups in total. The van der Waals surface area contributed by atoms with E-state index in [1.165, 1.54) is 89.9 Å². The minimum absolute atomic E-state index is 0. The fourth-order valence-electron chi connectivity index (χ4n) is 4.50. The van der Waals surface area contributed by atoms with Crippen molar-refractivity contribution in [3.05, 3.63) is 60.7 Å². The monoisotopic (exact) mass is 672 g/mol. The van der Waals surface area contributed by atoms with Gasteiger partial charge >= 0.3 is 11.9 Å². The maximum Gasteiger partial charge on any atom is 0.311 e. The number of benzene rings is 2. The summed E-state index contributed by atoms with van der Waals surface area (Å²) in [5.74, 6) is 1.07. The fourth-order valence-corrected chi connectivity index (χ4v) is 4.50. The summed E-state index contributed by atoms with van der Waals surface area (Å²) in [4.78, 5) is 23.2. The van der Waals surface area contributed by atoms with Crippen molar-refractivity contribution in [2.24, 2.45) is 0 Å². The van der Waals surface area contributed by atoms with Crippen molar-refractivity contribution in [1.82, 2.24) is 0 Å². The van der Waals surface area contributed by atoms with E-state index in [1.54, 1.807) is 0 Å². The topological polar surface area (TPSA) is 52.6 Å². The van der Waals surface area contributed by atoms with Gasteiger partial charge in [-0.2, -0.15) is 0 Å². The van der Waals surface area contributed by atoms with Crippen LogP contribution < -0.4 is 9.47 Å². The average Bonchev–Trinajstić information content (AvgIpc) is 2.97. The Balaban J connectivity index is 0.000000762. The smallest absolute Gasteiger partial charge is 0.311 e. The van der Waals surface area contributed by atoms with Gasteiger partial charge in [0.05, 0.1) is 0 Å². The zero-order chi connectivity index (χ0) is 28.9. The molecule has 0 saturated heterocycles. The first-order valence-corrected chi connectivity index (χ1v) is 16.2. The summed E-state index contributed by atoms with van der Waals surface area (Å²) in [6, 6.07) is 18.6. The summed E-state index contributed by atoms with van der Waals surface area (Å²) in [6.07, 6.45) is 23.8. The van der Waals surface area contributed by atoms with E-state index in [9.17, 15) is 9.59 Å². The first kappa shape index (κ1) is 39.2. The van der Waals surface area contributed by atoms with E-state index in [0.29, 0.717) is 24.3 Å². The number of ether oxygens (including phenoxy) is 2. The molecule has 41 heavy (non-hydrogen) atoms. The predicted molar refractivity (Wildman–Crippen MR) is 174 cm³/mol. The number of hydrogen-bond donors (Lipinski definition) is 0. The van der Waals surface area contributed by atoms with Crippen molar-refractivity contribution < 1.29 is 19.1 Å². The van der Waals surface area contributed by atoms with Crippen LogP contribution in [0.25, 0.3) is 0 Å². The van der Waals surface area contributed by atoms with E-state index < -0.39 is 0 Å². The standard InChI is InChI=1S/2C18H28O2.Sn/c2*1-2-3-4-5-6-7-8-9-13-16-18(19)20-17-14-11-10-12-15-17;/h2*10-12,14-15H,2-9,13,16H2,1H3;. The molecule has 2 rings (SSSR count). The number of para-hydroxylation sites is 2. The predicted octanol–water partition coefficient (Wildman–Crippen LogP) is 10.6. The fraction of sp³-hybridized carbons (Fsp3) is 0.611. The Hall–Kier alpha value is -1.82. The summed E-state index contributed by atoms with van der Waals surface area (Å²) in [5, 5.41) is 0. The molecule has 0 aliphatic rings. The number of carbonyl (C=O) groups excluding carboxylic acids is 2. The minimum atomic E-state index is -0.112. The van der Waals surface area contributed by atoms with E-state index in [4.69, 9.17) is 9.47 Å². The first-order valence-electron chi connectivity index (χ1n) is 16.2. The Morgan fingerprint density at radius 1 is 0.439 bits per heavy atom. The molecule has 0 fully saturated rings. The number of carbonyl (C=O) groups is 2. The molecule has 0 unspecified atom stereocenters. The molecule has 0 atom stereocenters. The Morgan fingerprint density at radius 2 is 0.707 bits per heavy atom. The Labute approximate surface area is 268 Å². The van der Waals surface area contributed by atoms with Crippen molar-refractivity contribution in [3.63, 3.8) is 0 Å². The average molecular weight is 672 g/mol. The van der Waals surface area contributed by atoms with Gasteiger partial charge in [-0.05, 0) is 37.1 Å². The van der Waals surface area contributed by atoms with Crippen LogP contribution in [0.1, 0.15) is 142 Å². The van der Waals surface area contributed by atoms with Crippen molar-refractivity contribution >= 4 is 35.8 Å². The van der Waals surface area contributed by atoms with Crippen molar-refractivity contribution in [1.29, 1.82) is 0 Å². The van der Waals surface area contributed by atoms with Gasteiger partial charge in [-0.1, -0.05) is 153 Å². The van der Waals surface area contributed by atoms with E-state index in [0.717, 1.165) is 25.7 Å². The van der Waals surface area contributed by atoms with Gasteiger partial charge in [-0.3, -0.25) is 9.59 Å². The van der Waals surface area contributed by atoms with Crippen LogP contribution in [0.15, 0.2) is 60.7 Å². The third-order valence-electron chi connectivity index (χ3n) is 6.92. The van der Waals surface area contributed by atoms with Gasteiger partial charge in [-0.15, -0.1) is 0 Å². The first-order chi connectivity index (χ1) is 19.7. The van der Waals surface area contributed by atoms with E-state index in [2.05, 4.69) is 13.8 Å². The molecule has 2 aromatic rings. The normalized spacial score (nSPS) is 10.2. The third kappa shape index (κ3) is 25.6. The number of rotatable bonds is 22. The largest absolute Gasteiger partial charge is 0.427 e. The van der Waals surface area contributed by atoms with Crippen LogP contribution in [0, 0.1) is 0 Å². The Bertz CT molecular complexity index is 770. The Morgan fingerprint density at radius 3 is 1.00 bits per heavy atom. The van der Waals surface area contributed by atoms with E-state index in [1.807, 2.05) is 60.7 Å². The molecule has 4 nitrogen and oxygen atoms in total. The van der Waals surface area contributed by atoms with Gasteiger partial charge < -0.3 is 9.47 Å². The second-order valence-corrected chi connectivity index (χ2v) is 10.7. The zero-order valence-electron chi connectivity index (χ0n) is 26.0. The SMILES string of the molecule is CCCCCCCCCCCC(=O)Oc1ccccc1.CCCCCCCCCCCC(=O)Oc1ccccc1.[Sn]. The van der Waals surface area contributed by atoms with Crippen molar-refractivity contribution in [2.75, 3.05) is 0 Å². The molecule has 0 aliphatic carbocycles. The Kier molecular flexibility index (Phi) is 28.3. The zero-order valence-corrected chi connectivity index (χ0v) is 28.9. The summed E-state index contributed by atoms with van der Waals surface area (Å²) < 4.78 is 10.5. The molecule has 4 radical (unpaired) electrons. The molecule has 0 aliphatic heterocycles. The van der Waals surface area contributed by atoms with Crippen LogP contribution >= 0.6 is 0 Å².